The molecule has 0 bridgehead atoms. The number of rotatable bonds is 3. The van der Waals surface area contributed by atoms with Crippen LogP contribution in [0.3, 0.4) is 0 Å². The molecule has 0 amide bonds. The maximum absolute atomic E-state index is 13.9. The summed E-state index contributed by atoms with van der Waals surface area (Å²) in [5.74, 6) is -0.140. The first-order chi connectivity index (χ1) is 8.22. The van der Waals surface area contributed by atoms with Crippen molar-refractivity contribution >= 4 is 0 Å². The van der Waals surface area contributed by atoms with E-state index in [4.69, 9.17) is 0 Å². The van der Waals surface area contributed by atoms with E-state index in [1.807, 2.05) is 19.1 Å². The van der Waals surface area contributed by atoms with Crippen LogP contribution >= 0.6 is 0 Å². The SMILES string of the molecule is C=C[C@H](c1cc(C)ccc1F)N1CCNCC1. The lowest BCUT2D eigenvalue weighted by atomic mass is 10.0. The summed E-state index contributed by atoms with van der Waals surface area (Å²) in [4.78, 5) is 2.27. The molecule has 1 fully saturated rings. The zero-order valence-corrected chi connectivity index (χ0v) is 10.2. The van der Waals surface area contributed by atoms with Gasteiger partial charge >= 0.3 is 0 Å². The lowest BCUT2D eigenvalue weighted by Gasteiger charge is -2.33. The summed E-state index contributed by atoms with van der Waals surface area (Å²) in [6.07, 6.45) is 1.84. The van der Waals surface area contributed by atoms with E-state index < -0.39 is 0 Å². The Morgan fingerprint density at radius 1 is 1.41 bits per heavy atom. The van der Waals surface area contributed by atoms with Crippen LogP contribution in [0.5, 0.6) is 0 Å². The fourth-order valence-corrected chi connectivity index (χ4v) is 2.32. The minimum absolute atomic E-state index is 0.0167. The van der Waals surface area contributed by atoms with Gasteiger partial charge in [0.1, 0.15) is 5.82 Å². The molecule has 0 radical (unpaired) electrons. The quantitative estimate of drug-likeness (QED) is 0.807. The van der Waals surface area contributed by atoms with Crippen LogP contribution in [0.4, 0.5) is 4.39 Å². The standard InChI is InChI=1S/C14H19FN2/c1-3-14(17-8-6-16-7-9-17)12-10-11(2)4-5-13(12)15/h3-5,10,14,16H,1,6-9H2,2H3/t14-/m1/s1. The number of hydrogen-bond donors (Lipinski definition) is 1. The third-order valence-corrected chi connectivity index (χ3v) is 3.24. The molecule has 0 saturated carbocycles. The molecule has 0 unspecified atom stereocenters. The van der Waals surface area contributed by atoms with Gasteiger partial charge in [-0.1, -0.05) is 23.8 Å². The van der Waals surface area contributed by atoms with Crippen molar-refractivity contribution in [3.05, 3.63) is 47.8 Å². The predicted molar refractivity (Wildman–Crippen MR) is 68.5 cm³/mol. The lowest BCUT2D eigenvalue weighted by molar-refractivity contribution is 0.200. The van der Waals surface area contributed by atoms with E-state index in [-0.39, 0.29) is 11.9 Å². The van der Waals surface area contributed by atoms with Crippen LogP contribution in [0.15, 0.2) is 30.9 Å². The molecular weight excluding hydrogens is 215 g/mol. The molecule has 1 aliphatic heterocycles. The Kier molecular flexibility index (Phi) is 3.92. The van der Waals surface area contributed by atoms with Crippen molar-refractivity contribution in [2.24, 2.45) is 0 Å². The summed E-state index contributed by atoms with van der Waals surface area (Å²) in [5.41, 5.74) is 1.82. The molecule has 3 heteroatoms. The van der Waals surface area contributed by atoms with Gasteiger partial charge in [0.05, 0.1) is 6.04 Å². The molecule has 0 aliphatic carbocycles. The number of piperazine rings is 1. The van der Waals surface area contributed by atoms with E-state index >= 15 is 0 Å². The fourth-order valence-electron chi connectivity index (χ4n) is 2.32. The lowest BCUT2D eigenvalue weighted by Crippen LogP contribution is -2.44. The molecule has 17 heavy (non-hydrogen) atoms. The summed E-state index contributed by atoms with van der Waals surface area (Å²) in [5, 5.41) is 3.30. The molecule has 1 aromatic rings. The number of benzene rings is 1. The van der Waals surface area contributed by atoms with Gasteiger partial charge in [-0.05, 0) is 13.0 Å². The Morgan fingerprint density at radius 3 is 2.76 bits per heavy atom. The van der Waals surface area contributed by atoms with Crippen LogP contribution in [0.25, 0.3) is 0 Å². The topological polar surface area (TPSA) is 15.3 Å². The largest absolute Gasteiger partial charge is 0.314 e. The highest BCUT2D eigenvalue weighted by Crippen LogP contribution is 2.25. The van der Waals surface area contributed by atoms with Crippen LogP contribution < -0.4 is 5.32 Å². The normalized spacial score (nSPS) is 18.9. The van der Waals surface area contributed by atoms with Crippen molar-refractivity contribution < 1.29 is 4.39 Å². The maximum atomic E-state index is 13.9. The van der Waals surface area contributed by atoms with Crippen LogP contribution in [0.1, 0.15) is 17.2 Å². The van der Waals surface area contributed by atoms with E-state index in [1.165, 1.54) is 0 Å². The Hall–Kier alpha value is -1.19. The first-order valence-corrected chi connectivity index (χ1v) is 6.06. The van der Waals surface area contributed by atoms with Crippen molar-refractivity contribution in [3.8, 4) is 0 Å². The number of halogens is 1. The highest BCUT2D eigenvalue weighted by atomic mass is 19.1. The monoisotopic (exact) mass is 234 g/mol. The highest BCUT2D eigenvalue weighted by molar-refractivity contribution is 5.29. The van der Waals surface area contributed by atoms with Gasteiger partial charge in [-0.3, -0.25) is 4.90 Å². The Bertz CT molecular complexity index is 397. The van der Waals surface area contributed by atoms with Crippen molar-refractivity contribution in [2.75, 3.05) is 26.2 Å². The van der Waals surface area contributed by atoms with Crippen molar-refractivity contribution in [1.29, 1.82) is 0 Å². The second-order valence-electron chi connectivity index (χ2n) is 4.49. The molecule has 2 nitrogen and oxygen atoms in total. The maximum Gasteiger partial charge on any atom is 0.128 e. The molecular formula is C14H19FN2. The molecule has 0 aromatic heterocycles. The first kappa shape index (κ1) is 12.3. The van der Waals surface area contributed by atoms with E-state index in [9.17, 15) is 4.39 Å². The summed E-state index contributed by atoms with van der Waals surface area (Å²) in [7, 11) is 0. The molecule has 1 atom stereocenters. The highest BCUT2D eigenvalue weighted by Gasteiger charge is 2.21. The van der Waals surface area contributed by atoms with Crippen molar-refractivity contribution in [3.63, 3.8) is 0 Å². The molecule has 0 spiro atoms. The van der Waals surface area contributed by atoms with E-state index in [0.29, 0.717) is 0 Å². The Balaban J connectivity index is 2.27. The average Bonchev–Trinajstić information content (AvgIpc) is 2.36. The molecule has 92 valence electrons. The molecule has 1 aliphatic rings. The van der Waals surface area contributed by atoms with Gasteiger partial charge in [-0.2, -0.15) is 0 Å². The first-order valence-electron chi connectivity index (χ1n) is 6.06. The van der Waals surface area contributed by atoms with Gasteiger partial charge < -0.3 is 5.32 Å². The van der Waals surface area contributed by atoms with Gasteiger partial charge in [-0.25, -0.2) is 4.39 Å². The van der Waals surface area contributed by atoms with Gasteiger partial charge in [-0.15, -0.1) is 6.58 Å². The number of aryl methyl sites for hydroxylation is 1. The predicted octanol–water partition coefficient (Wildman–Crippen LogP) is 2.27. The van der Waals surface area contributed by atoms with Crippen LogP contribution in [-0.2, 0) is 0 Å². The summed E-state index contributed by atoms with van der Waals surface area (Å²) < 4.78 is 13.9. The average molecular weight is 234 g/mol. The number of nitrogens with one attached hydrogen (secondary N) is 1. The zero-order chi connectivity index (χ0) is 12.3. The smallest absolute Gasteiger partial charge is 0.128 e. The van der Waals surface area contributed by atoms with Gasteiger partial charge in [0, 0.05) is 31.7 Å². The third kappa shape index (κ3) is 2.73. The fraction of sp³-hybridized carbons (Fsp3) is 0.429. The minimum Gasteiger partial charge on any atom is -0.314 e. The van der Waals surface area contributed by atoms with Crippen LogP contribution in [-0.4, -0.2) is 31.1 Å². The van der Waals surface area contributed by atoms with Crippen molar-refractivity contribution in [2.45, 2.75) is 13.0 Å². The summed E-state index contributed by atoms with van der Waals surface area (Å²) in [6, 6.07) is 5.25. The molecule has 1 N–H and O–H groups in total. The second-order valence-corrected chi connectivity index (χ2v) is 4.49. The Labute approximate surface area is 102 Å². The van der Waals surface area contributed by atoms with Gasteiger partial charge in [0.2, 0.25) is 0 Å². The molecule has 1 heterocycles. The molecule has 1 aromatic carbocycles. The number of hydrogen-bond acceptors (Lipinski definition) is 2. The molecule has 1 saturated heterocycles. The van der Waals surface area contributed by atoms with Gasteiger partial charge in [0.15, 0.2) is 0 Å². The van der Waals surface area contributed by atoms with E-state index in [1.54, 1.807) is 12.1 Å². The summed E-state index contributed by atoms with van der Waals surface area (Å²) in [6.45, 7) is 9.62. The molecule has 2 rings (SSSR count). The van der Waals surface area contributed by atoms with Crippen LogP contribution in [0.2, 0.25) is 0 Å². The minimum atomic E-state index is -0.140. The van der Waals surface area contributed by atoms with E-state index in [2.05, 4.69) is 16.8 Å². The zero-order valence-electron chi connectivity index (χ0n) is 10.2. The third-order valence-electron chi connectivity index (χ3n) is 3.24. The Morgan fingerprint density at radius 2 is 2.12 bits per heavy atom. The van der Waals surface area contributed by atoms with Crippen molar-refractivity contribution in [1.82, 2.24) is 10.2 Å². The van der Waals surface area contributed by atoms with Crippen LogP contribution in [0, 0.1) is 12.7 Å². The van der Waals surface area contributed by atoms with E-state index in [0.717, 1.165) is 37.3 Å². The van der Waals surface area contributed by atoms with Gasteiger partial charge in [0.25, 0.3) is 0 Å². The summed E-state index contributed by atoms with van der Waals surface area (Å²) >= 11 is 0. The number of nitrogens with zero attached hydrogens (tertiary/aromatic N) is 1. The second kappa shape index (κ2) is 5.43.